The van der Waals surface area contributed by atoms with Crippen LogP contribution in [-0.4, -0.2) is 65.5 Å². The van der Waals surface area contributed by atoms with Gasteiger partial charge in [-0.3, -0.25) is 0 Å². The lowest BCUT2D eigenvalue weighted by molar-refractivity contribution is 0.0998. The van der Waals surface area contributed by atoms with Gasteiger partial charge in [0.15, 0.2) is 0 Å². The van der Waals surface area contributed by atoms with E-state index in [4.69, 9.17) is 14.5 Å². The minimum atomic E-state index is 0.492. The third-order valence-corrected chi connectivity index (χ3v) is 7.92. The summed E-state index contributed by atoms with van der Waals surface area (Å²) in [6, 6.07) is 10.8. The number of aromatic nitrogens is 3. The van der Waals surface area contributed by atoms with Crippen molar-refractivity contribution in [3.8, 4) is 11.6 Å². The van der Waals surface area contributed by atoms with Crippen LogP contribution < -0.4 is 15.4 Å². The molecule has 3 heterocycles. The van der Waals surface area contributed by atoms with Crippen LogP contribution in [0.4, 0.5) is 5.95 Å². The second kappa shape index (κ2) is 18.9. The van der Waals surface area contributed by atoms with Crippen molar-refractivity contribution in [3.05, 3.63) is 42.7 Å². The number of rotatable bonds is 11. The first kappa shape index (κ1) is 32.2. The molecule has 1 saturated carbocycles. The zero-order chi connectivity index (χ0) is 28.4. The van der Waals surface area contributed by atoms with E-state index in [2.05, 4.69) is 51.7 Å². The average molecular weight is 570 g/mol. The fraction of sp³-hybridized carbons (Fsp3) is 0.625. The second-order valence-electron chi connectivity index (χ2n) is 10.2. The van der Waals surface area contributed by atoms with E-state index in [9.17, 15) is 0 Å². The monoisotopic (exact) mass is 569 g/mol. The molecule has 2 N–H and O–H groups in total. The Balaban J connectivity index is 0.000000309. The van der Waals surface area contributed by atoms with Crippen LogP contribution in [0.5, 0.6) is 5.75 Å². The lowest BCUT2D eigenvalue weighted by Crippen LogP contribution is -2.32. The highest BCUT2D eigenvalue weighted by Crippen LogP contribution is 2.29. The maximum atomic E-state index is 6.02. The summed E-state index contributed by atoms with van der Waals surface area (Å²) in [7, 11) is 0. The third kappa shape index (κ3) is 10.3. The molecule has 7 nitrogen and oxygen atoms in total. The van der Waals surface area contributed by atoms with E-state index in [1.165, 1.54) is 51.5 Å². The number of ether oxygens (including phenoxy) is 2. The zero-order valence-electron chi connectivity index (χ0n) is 25.2. The summed E-state index contributed by atoms with van der Waals surface area (Å²) < 4.78 is 13.5. The van der Waals surface area contributed by atoms with Gasteiger partial charge in [0, 0.05) is 37.0 Å². The maximum Gasteiger partial charge on any atom is 0.224 e. The summed E-state index contributed by atoms with van der Waals surface area (Å²) in [5, 5.41) is 8.00. The molecular formula is C32H51N5O2S. The molecule has 1 aromatic carbocycles. The van der Waals surface area contributed by atoms with Gasteiger partial charge in [-0.1, -0.05) is 39.2 Å². The van der Waals surface area contributed by atoms with E-state index < -0.39 is 0 Å². The fourth-order valence-corrected chi connectivity index (χ4v) is 5.59. The maximum absolute atomic E-state index is 6.02. The molecule has 0 radical (unpaired) electrons. The van der Waals surface area contributed by atoms with Gasteiger partial charge in [0.25, 0.3) is 0 Å². The van der Waals surface area contributed by atoms with Crippen molar-refractivity contribution < 1.29 is 9.47 Å². The Hall–Kier alpha value is -2.29. The Morgan fingerprint density at radius 3 is 2.67 bits per heavy atom. The number of nitrogens with zero attached hydrogens (tertiary/aromatic N) is 3. The minimum absolute atomic E-state index is 0.492. The second-order valence-corrected chi connectivity index (χ2v) is 11.1. The number of thioether (sulfide) groups is 1. The summed E-state index contributed by atoms with van der Waals surface area (Å²) in [6.45, 7) is 11.0. The molecule has 0 bridgehead atoms. The van der Waals surface area contributed by atoms with Crippen LogP contribution in [0.3, 0.4) is 0 Å². The summed E-state index contributed by atoms with van der Waals surface area (Å²) >= 11 is 1.85. The number of hydrogen-bond donors (Lipinski definition) is 2. The predicted molar refractivity (Wildman–Crippen MR) is 171 cm³/mol. The van der Waals surface area contributed by atoms with E-state index in [1.807, 2.05) is 50.0 Å². The van der Waals surface area contributed by atoms with Crippen LogP contribution in [0.15, 0.2) is 42.7 Å². The van der Waals surface area contributed by atoms with Crippen LogP contribution in [0.25, 0.3) is 16.7 Å². The van der Waals surface area contributed by atoms with Crippen molar-refractivity contribution in [3.63, 3.8) is 0 Å². The Bertz CT molecular complexity index is 1080. The van der Waals surface area contributed by atoms with E-state index in [1.54, 1.807) is 0 Å². The lowest BCUT2D eigenvalue weighted by Gasteiger charge is -2.22. The smallest absolute Gasteiger partial charge is 0.224 e. The van der Waals surface area contributed by atoms with Crippen molar-refractivity contribution >= 4 is 28.6 Å². The Kier molecular flexibility index (Phi) is 15.3. The number of anilines is 1. The molecule has 1 aliphatic heterocycles. The van der Waals surface area contributed by atoms with Crippen molar-refractivity contribution in [2.45, 2.75) is 78.2 Å². The molecule has 2 aromatic heterocycles. The molecule has 40 heavy (non-hydrogen) atoms. The minimum Gasteiger partial charge on any atom is -0.493 e. The van der Waals surface area contributed by atoms with E-state index >= 15 is 0 Å². The molecular weight excluding hydrogens is 518 g/mol. The molecule has 0 amide bonds. The molecule has 1 aliphatic carbocycles. The van der Waals surface area contributed by atoms with Crippen LogP contribution in [0.1, 0.15) is 72.1 Å². The summed E-state index contributed by atoms with van der Waals surface area (Å²) in [5.74, 6) is 4.42. The Labute approximate surface area is 246 Å². The van der Waals surface area contributed by atoms with Gasteiger partial charge in [0.2, 0.25) is 5.95 Å². The topological polar surface area (TPSA) is 73.2 Å². The molecule has 3 aromatic rings. The molecule has 1 atom stereocenters. The molecule has 1 unspecified atom stereocenters. The number of piperidine rings is 1. The van der Waals surface area contributed by atoms with Crippen LogP contribution >= 0.6 is 11.8 Å². The van der Waals surface area contributed by atoms with E-state index in [0.717, 1.165) is 72.9 Å². The van der Waals surface area contributed by atoms with Crippen molar-refractivity contribution in [1.29, 1.82) is 0 Å². The van der Waals surface area contributed by atoms with Gasteiger partial charge in [-0.05, 0) is 87.8 Å². The lowest BCUT2D eigenvalue weighted by atomic mass is 9.96. The molecule has 1 saturated heterocycles. The normalized spacial score (nSPS) is 17.4. The van der Waals surface area contributed by atoms with Crippen molar-refractivity contribution in [1.82, 2.24) is 19.9 Å². The van der Waals surface area contributed by atoms with Gasteiger partial charge in [-0.25, -0.2) is 4.98 Å². The molecule has 0 spiro atoms. The quantitative estimate of drug-likeness (QED) is 0.234. The van der Waals surface area contributed by atoms with E-state index in [0.29, 0.717) is 6.04 Å². The van der Waals surface area contributed by atoms with Gasteiger partial charge >= 0.3 is 0 Å². The highest BCUT2D eigenvalue weighted by atomic mass is 32.2. The molecule has 2 fully saturated rings. The van der Waals surface area contributed by atoms with Crippen LogP contribution in [0.2, 0.25) is 0 Å². The zero-order valence-corrected chi connectivity index (χ0v) is 26.0. The molecule has 2 aliphatic rings. The fourth-order valence-electron chi connectivity index (χ4n) is 5.18. The number of benzene rings is 1. The first-order valence-corrected chi connectivity index (χ1v) is 16.8. The number of hydrogen-bond acceptors (Lipinski definition) is 7. The van der Waals surface area contributed by atoms with Crippen LogP contribution in [-0.2, 0) is 4.74 Å². The van der Waals surface area contributed by atoms with Gasteiger partial charge in [-0.15, -0.1) is 0 Å². The van der Waals surface area contributed by atoms with E-state index in [-0.39, 0.29) is 0 Å². The molecule has 222 valence electrons. The Morgan fingerprint density at radius 1 is 1.07 bits per heavy atom. The predicted octanol–water partition coefficient (Wildman–Crippen LogP) is 7.35. The number of nitrogens with one attached hydrogen (secondary N) is 2. The highest BCUT2D eigenvalue weighted by Gasteiger charge is 2.15. The largest absolute Gasteiger partial charge is 0.493 e. The van der Waals surface area contributed by atoms with Gasteiger partial charge in [-0.2, -0.15) is 16.7 Å². The summed E-state index contributed by atoms with van der Waals surface area (Å²) in [5.41, 5.74) is 1.10. The standard InChI is InChI=1S/C22H28N4OS.C8H17NO.C2H6/c1-28-16-6-15-27-20-10-5-9-19-18(20)12-14-26(19)21-11-13-23-22(25-21)24-17-7-3-2-4-8-17;1-2-10-7-8-4-3-5-9-6-8;1-2/h5,9-14,17H,2-4,6-8,15-16H2,1H3,(H,23,24,25);8-9H,2-7H2,1H3;1-2H3. The summed E-state index contributed by atoms with van der Waals surface area (Å²) in [6.07, 6.45) is 16.1. The summed E-state index contributed by atoms with van der Waals surface area (Å²) in [4.78, 5) is 9.21. The van der Waals surface area contributed by atoms with Crippen molar-refractivity contribution in [2.24, 2.45) is 5.92 Å². The third-order valence-electron chi connectivity index (χ3n) is 7.23. The highest BCUT2D eigenvalue weighted by molar-refractivity contribution is 7.98. The number of fused-ring (bicyclic) bond motifs is 1. The van der Waals surface area contributed by atoms with Gasteiger partial charge in [0.1, 0.15) is 11.6 Å². The van der Waals surface area contributed by atoms with Crippen LogP contribution in [0, 0.1) is 5.92 Å². The first-order chi connectivity index (χ1) is 19.8. The first-order valence-electron chi connectivity index (χ1n) is 15.4. The SMILES string of the molecule is CC.CCOCC1CCCNC1.CSCCCOc1cccc2c1ccn2-c1ccnc(NC2CCCCC2)n1. The molecule has 8 heteroatoms. The van der Waals surface area contributed by atoms with Gasteiger partial charge < -0.3 is 24.7 Å². The Morgan fingerprint density at radius 2 is 1.93 bits per heavy atom. The molecule has 5 rings (SSSR count). The van der Waals surface area contributed by atoms with Crippen molar-refractivity contribution in [2.75, 3.05) is 50.2 Å². The average Bonchev–Trinajstić information content (AvgIpc) is 3.46. The van der Waals surface area contributed by atoms with Gasteiger partial charge in [0.05, 0.1) is 18.7 Å².